The lowest BCUT2D eigenvalue weighted by atomic mass is 9.82. The van der Waals surface area contributed by atoms with E-state index < -0.39 is 0 Å². The maximum atomic E-state index is 3.21. The Labute approximate surface area is 89.1 Å². The average molecular weight is 198 g/mol. The Balaban J connectivity index is 2.25. The van der Waals surface area contributed by atoms with Gasteiger partial charge in [0.25, 0.3) is 0 Å². The Morgan fingerprint density at radius 2 is 2.00 bits per heavy atom. The molecular formula is C12H26N2. The molecule has 0 amide bonds. The minimum absolute atomic E-state index is 0.652. The van der Waals surface area contributed by atoms with E-state index in [2.05, 4.69) is 24.1 Å². The highest BCUT2D eigenvalue weighted by Gasteiger charge is 2.34. The first-order valence-electron chi connectivity index (χ1n) is 6.13. The van der Waals surface area contributed by atoms with E-state index >= 15 is 0 Å². The minimum Gasteiger partial charge on any atom is -0.320 e. The summed E-state index contributed by atoms with van der Waals surface area (Å²) in [4.78, 5) is 2.64. The van der Waals surface area contributed by atoms with Crippen molar-refractivity contribution in [3.05, 3.63) is 0 Å². The van der Waals surface area contributed by atoms with Gasteiger partial charge in [0.15, 0.2) is 0 Å². The summed E-state index contributed by atoms with van der Waals surface area (Å²) >= 11 is 0. The van der Waals surface area contributed by atoms with Crippen LogP contribution in [-0.4, -0.2) is 38.1 Å². The Hall–Kier alpha value is -0.0800. The van der Waals surface area contributed by atoms with Gasteiger partial charge in [-0.05, 0) is 57.8 Å². The van der Waals surface area contributed by atoms with Gasteiger partial charge in [-0.15, -0.1) is 0 Å². The van der Waals surface area contributed by atoms with Crippen LogP contribution in [0, 0.1) is 5.41 Å². The first-order chi connectivity index (χ1) is 6.76. The molecule has 0 atom stereocenters. The Morgan fingerprint density at radius 3 is 2.50 bits per heavy atom. The second kappa shape index (κ2) is 5.72. The monoisotopic (exact) mass is 198 g/mol. The van der Waals surface area contributed by atoms with Crippen molar-refractivity contribution >= 4 is 0 Å². The van der Waals surface area contributed by atoms with Crippen molar-refractivity contribution in [2.45, 2.75) is 39.5 Å². The fraction of sp³-hybridized carbons (Fsp3) is 1.00. The van der Waals surface area contributed by atoms with Crippen molar-refractivity contribution in [2.75, 3.05) is 33.2 Å². The maximum absolute atomic E-state index is 3.21. The van der Waals surface area contributed by atoms with Crippen LogP contribution in [0.15, 0.2) is 0 Å². The van der Waals surface area contributed by atoms with Gasteiger partial charge in [-0.25, -0.2) is 0 Å². The average Bonchev–Trinajstić information content (AvgIpc) is 2.63. The van der Waals surface area contributed by atoms with Crippen molar-refractivity contribution < 1.29 is 0 Å². The zero-order valence-electron chi connectivity index (χ0n) is 10.1. The highest BCUT2D eigenvalue weighted by Crippen LogP contribution is 2.36. The molecule has 0 radical (unpaired) electrons. The molecule has 1 saturated heterocycles. The summed E-state index contributed by atoms with van der Waals surface area (Å²) in [6.07, 6.45) is 5.41. The highest BCUT2D eigenvalue weighted by molar-refractivity contribution is 4.87. The lowest BCUT2D eigenvalue weighted by Gasteiger charge is -2.26. The smallest absolute Gasteiger partial charge is 0.00383 e. The fourth-order valence-corrected chi connectivity index (χ4v) is 2.53. The lowest BCUT2D eigenvalue weighted by Crippen LogP contribution is -2.28. The largest absolute Gasteiger partial charge is 0.320 e. The van der Waals surface area contributed by atoms with Gasteiger partial charge in [0.05, 0.1) is 0 Å². The number of rotatable bonds is 6. The van der Waals surface area contributed by atoms with E-state index in [1.165, 1.54) is 45.3 Å². The molecule has 0 unspecified atom stereocenters. The molecule has 1 heterocycles. The fourth-order valence-electron chi connectivity index (χ4n) is 2.53. The Kier molecular flexibility index (Phi) is 4.90. The summed E-state index contributed by atoms with van der Waals surface area (Å²) in [6, 6.07) is 0. The van der Waals surface area contributed by atoms with Crippen LogP contribution in [0.5, 0.6) is 0 Å². The quantitative estimate of drug-likeness (QED) is 0.658. The molecule has 1 N–H and O–H groups in total. The Morgan fingerprint density at radius 1 is 1.29 bits per heavy atom. The number of nitrogens with one attached hydrogen (secondary N) is 1. The van der Waals surface area contributed by atoms with Crippen LogP contribution in [0.3, 0.4) is 0 Å². The molecule has 0 aliphatic carbocycles. The topological polar surface area (TPSA) is 15.3 Å². The summed E-state index contributed by atoms with van der Waals surface area (Å²) in [7, 11) is 2.03. The second-order valence-electron chi connectivity index (χ2n) is 4.69. The van der Waals surface area contributed by atoms with Crippen LogP contribution in [0.1, 0.15) is 39.5 Å². The molecule has 0 bridgehead atoms. The molecule has 0 spiro atoms. The summed E-state index contributed by atoms with van der Waals surface area (Å²) in [5.41, 5.74) is 0.652. The molecule has 1 aliphatic rings. The van der Waals surface area contributed by atoms with Crippen LogP contribution < -0.4 is 5.32 Å². The molecule has 0 saturated carbocycles. The van der Waals surface area contributed by atoms with Gasteiger partial charge in [0.1, 0.15) is 0 Å². The van der Waals surface area contributed by atoms with Crippen molar-refractivity contribution in [3.63, 3.8) is 0 Å². The van der Waals surface area contributed by atoms with E-state index in [0.29, 0.717) is 5.41 Å². The predicted octanol–water partition coefficient (Wildman–Crippen LogP) is 2.11. The third-order valence-corrected chi connectivity index (χ3v) is 3.92. The van der Waals surface area contributed by atoms with Gasteiger partial charge < -0.3 is 10.2 Å². The van der Waals surface area contributed by atoms with E-state index in [0.717, 1.165) is 6.54 Å². The Bertz CT molecular complexity index is 152. The van der Waals surface area contributed by atoms with Crippen LogP contribution in [0.2, 0.25) is 0 Å². The minimum atomic E-state index is 0.652. The summed E-state index contributed by atoms with van der Waals surface area (Å²) in [6.45, 7) is 9.79. The molecule has 2 nitrogen and oxygen atoms in total. The maximum Gasteiger partial charge on any atom is 0.00383 e. The molecule has 14 heavy (non-hydrogen) atoms. The molecule has 0 aromatic rings. The molecule has 1 fully saturated rings. The molecule has 1 rings (SSSR count). The molecule has 1 aliphatic heterocycles. The van der Waals surface area contributed by atoms with Crippen molar-refractivity contribution in [1.29, 1.82) is 0 Å². The summed E-state index contributed by atoms with van der Waals surface area (Å²) in [5, 5.41) is 3.21. The van der Waals surface area contributed by atoms with E-state index in [-0.39, 0.29) is 0 Å². The zero-order chi connectivity index (χ0) is 10.4. The van der Waals surface area contributed by atoms with Crippen molar-refractivity contribution in [3.8, 4) is 0 Å². The van der Waals surface area contributed by atoms with Gasteiger partial charge in [-0.1, -0.05) is 13.8 Å². The van der Waals surface area contributed by atoms with Gasteiger partial charge in [-0.2, -0.15) is 0 Å². The third-order valence-electron chi connectivity index (χ3n) is 3.92. The molecule has 0 aromatic carbocycles. The number of hydrogen-bond donors (Lipinski definition) is 1. The van der Waals surface area contributed by atoms with Gasteiger partial charge in [-0.3, -0.25) is 0 Å². The van der Waals surface area contributed by atoms with E-state index in [1.54, 1.807) is 0 Å². The predicted molar refractivity (Wildman–Crippen MR) is 62.6 cm³/mol. The molecule has 84 valence electrons. The van der Waals surface area contributed by atoms with Gasteiger partial charge in [0.2, 0.25) is 0 Å². The van der Waals surface area contributed by atoms with Crippen LogP contribution in [0.4, 0.5) is 0 Å². The van der Waals surface area contributed by atoms with E-state index in [9.17, 15) is 0 Å². The number of nitrogens with zero attached hydrogens (tertiary/aromatic N) is 1. The first kappa shape index (κ1) is 12.0. The summed E-state index contributed by atoms with van der Waals surface area (Å²) in [5.74, 6) is 0. The standard InChI is InChI=1S/C12H26N2/c1-4-12(5-2)7-10-14(11-12)9-6-8-13-3/h13H,4-11H2,1-3H3. The molecule has 0 aromatic heterocycles. The van der Waals surface area contributed by atoms with E-state index in [1.807, 2.05) is 7.05 Å². The van der Waals surface area contributed by atoms with Gasteiger partial charge in [0, 0.05) is 6.54 Å². The SMILES string of the molecule is CCC1(CC)CCN(CCCNC)C1. The third kappa shape index (κ3) is 2.96. The van der Waals surface area contributed by atoms with Crippen molar-refractivity contribution in [1.82, 2.24) is 10.2 Å². The van der Waals surface area contributed by atoms with Crippen LogP contribution in [0.25, 0.3) is 0 Å². The summed E-state index contributed by atoms with van der Waals surface area (Å²) < 4.78 is 0. The number of likely N-dealkylation sites (tertiary alicyclic amines) is 1. The second-order valence-corrected chi connectivity index (χ2v) is 4.69. The number of hydrogen-bond acceptors (Lipinski definition) is 2. The van der Waals surface area contributed by atoms with E-state index in [4.69, 9.17) is 0 Å². The molecular weight excluding hydrogens is 172 g/mol. The highest BCUT2D eigenvalue weighted by atomic mass is 15.2. The van der Waals surface area contributed by atoms with Crippen molar-refractivity contribution in [2.24, 2.45) is 5.41 Å². The normalized spacial score (nSPS) is 21.6. The van der Waals surface area contributed by atoms with Crippen LogP contribution in [-0.2, 0) is 0 Å². The first-order valence-corrected chi connectivity index (χ1v) is 6.13. The van der Waals surface area contributed by atoms with Gasteiger partial charge >= 0.3 is 0 Å². The lowest BCUT2D eigenvalue weighted by molar-refractivity contribution is 0.239. The van der Waals surface area contributed by atoms with Crippen LogP contribution >= 0.6 is 0 Å². The zero-order valence-corrected chi connectivity index (χ0v) is 10.1. The molecule has 2 heteroatoms.